The maximum Gasteiger partial charge on any atom is 0.165 e. The molecule has 0 bridgehead atoms. The summed E-state index contributed by atoms with van der Waals surface area (Å²) in [5.41, 5.74) is 1.66. The Balaban J connectivity index is 2.37. The van der Waals surface area contributed by atoms with Gasteiger partial charge in [-0.05, 0) is 49.6 Å². The first-order valence-corrected chi connectivity index (χ1v) is 7.96. The molecule has 0 saturated heterocycles. The Kier molecular flexibility index (Phi) is 3.56. The Morgan fingerprint density at radius 3 is 2.67 bits per heavy atom. The molecule has 24 heavy (non-hydrogen) atoms. The van der Waals surface area contributed by atoms with Crippen molar-refractivity contribution in [3.05, 3.63) is 72.0 Å². The number of benzene rings is 1. The van der Waals surface area contributed by atoms with Crippen LogP contribution >= 0.6 is 0 Å². The molecule has 3 rings (SSSR count). The normalized spacial score (nSPS) is 28.5. The highest BCUT2D eigenvalue weighted by Gasteiger charge is 2.51. The monoisotopic (exact) mass is 322 g/mol. The molecule has 1 aromatic rings. The molecule has 2 atom stereocenters. The second-order valence-corrected chi connectivity index (χ2v) is 6.84. The van der Waals surface area contributed by atoms with Crippen molar-refractivity contribution in [3.63, 3.8) is 0 Å². The van der Waals surface area contributed by atoms with Gasteiger partial charge in [-0.25, -0.2) is 0 Å². The topological polar surface area (TPSA) is 46.5 Å². The highest BCUT2D eigenvalue weighted by molar-refractivity contribution is 6.02. The minimum absolute atomic E-state index is 0.0272. The third-order valence-electron chi connectivity index (χ3n) is 5.37. The third kappa shape index (κ3) is 1.94. The third-order valence-corrected chi connectivity index (χ3v) is 5.37. The minimum atomic E-state index is -0.834. The van der Waals surface area contributed by atoms with Crippen molar-refractivity contribution in [3.8, 4) is 5.75 Å². The number of aliphatic hydroxyl groups is 1. The number of allylic oxidation sites excluding steroid dienone is 5. The molecule has 0 radical (unpaired) electrons. The Morgan fingerprint density at radius 2 is 2.04 bits per heavy atom. The zero-order valence-electron chi connectivity index (χ0n) is 14.3. The van der Waals surface area contributed by atoms with Crippen molar-refractivity contribution in [1.82, 2.24) is 0 Å². The number of fused-ring (bicyclic) bond motifs is 3. The molecule has 1 aromatic carbocycles. The molecule has 2 aliphatic carbocycles. The van der Waals surface area contributed by atoms with Crippen LogP contribution in [-0.4, -0.2) is 18.0 Å². The van der Waals surface area contributed by atoms with Crippen molar-refractivity contribution in [1.29, 1.82) is 0 Å². The Morgan fingerprint density at radius 1 is 1.33 bits per heavy atom. The van der Waals surface area contributed by atoms with E-state index in [0.29, 0.717) is 17.6 Å². The van der Waals surface area contributed by atoms with Crippen molar-refractivity contribution < 1.29 is 14.6 Å². The first kappa shape index (κ1) is 16.3. The zero-order chi connectivity index (χ0) is 17.7. The number of carbonyl (C=O) groups is 1. The van der Waals surface area contributed by atoms with E-state index in [1.165, 1.54) is 0 Å². The van der Waals surface area contributed by atoms with Crippen molar-refractivity contribution in [2.45, 2.75) is 25.7 Å². The Labute approximate surface area is 142 Å². The lowest BCUT2D eigenvalue weighted by atomic mass is 9.55. The summed E-state index contributed by atoms with van der Waals surface area (Å²) >= 11 is 0. The summed E-state index contributed by atoms with van der Waals surface area (Å²) in [5.74, 6) is 0.817. The first-order valence-electron chi connectivity index (χ1n) is 7.96. The number of aliphatic hydroxyl groups excluding tert-OH is 1. The van der Waals surface area contributed by atoms with Gasteiger partial charge in [0, 0.05) is 16.6 Å². The lowest BCUT2D eigenvalue weighted by molar-refractivity contribution is -0.122. The van der Waals surface area contributed by atoms with Crippen LogP contribution < -0.4 is 4.74 Å². The molecule has 0 saturated carbocycles. The van der Waals surface area contributed by atoms with E-state index >= 15 is 0 Å². The molecular weight excluding hydrogens is 300 g/mol. The van der Waals surface area contributed by atoms with Crippen LogP contribution in [0.15, 0.2) is 60.9 Å². The second kappa shape index (κ2) is 5.23. The molecule has 0 aromatic heterocycles. The number of methoxy groups -OCH3 is 1. The van der Waals surface area contributed by atoms with Gasteiger partial charge in [-0.3, -0.25) is 4.79 Å². The predicted octanol–water partition coefficient (Wildman–Crippen LogP) is 4.51. The van der Waals surface area contributed by atoms with Gasteiger partial charge in [-0.1, -0.05) is 24.8 Å². The van der Waals surface area contributed by atoms with E-state index in [9.17, 15) is 9.90 Å². The Hall–Kier alpha value is -2.55. The van der Waals surface area contributed by atoms with Crippen LogP contribution in [0.25, 0.3) is 5.57 Å². The van der Waals surface area contributed by atoms with Crippen LogP contribution in [0, 0.1) is 5.41 Å². The van der Waals surface area contributed by atoms with E-state index in [4.69, 9.17) is 4.74 Å². The largest absolute Gasteiger partial charge is 0.507 e. The Bertz CT molecular complexity index is 827. The van der Waals surface area contributed by atoms with Crippen molar-refractivity contribution in [2.75, 3.05) is 7.11 Å². The fraction of sp³-hybridized carbons (Fsp3) is 0.286. The molecule has 0 unspecified atom stereocenters. The lowest BCUT2D eigenvalue weighted by Crippen LogP contribution is -2.44. The van der Waals surface area contributed by atoms with Gasteiger partial charge in [0.05, 0.1) is 12.5 Å². The quantitative estimate of drug-likeness (QED) is 0.833. The highest BCUT2D eigenvalue weighted by Crippen LogP contribution is 2.56. The summed E-state index contributed by atoms with van der Waals surface area (Å²) in [4.78, 5) is 12.7. The maximum absolute atomic E-state index is 12.7. The molecule has 124 valence electrons. The number of ether oxygens (including phenoxy) is 1. The number of ketones is 1. The fourth-order valence-corrected chi connectivity index (χ4v) is 4.05. The molecule has 2 aliphatic rings. The van der Waals surface area contributed by atoms with Crippen LogP contribution in [-0.2, 0) is 10.2 Å². The number of hydrogen-bond acceptors (Lipinski definition) is 3. The van der Waals surface area contributed by atoms with Gasteiger partial charge in [-0.15, -0.1) is 6.58 Å². The summed E-state index contributed by atoms with van der Waals surface area (Å²) < 4.78 is 5.37. The van der Waals surface area contributed by atoms with E-state index in [0.717, 1.165) is 16.9 Å². The van der Waals surface area contributed by atoms with Crippen LogP contribution in [0.3, 0.4) is 0 Å². The van der Waals surface area contributed by atoms with E-state index in [-0.39, 0.29) is 11.5 Å². The lowest BCUT2D eigenvalue weighted by Gasteiger charge is -2.47. The fourth-order valence-electron chi connectivity index (χ4n) is 4.05. The number of rotatable bonds is 3. The molecule has 0 heterocycles. The summed E-state index contributed by atoms with van der Waals surface area (Å²) in [6.07, 6.45) is 5.67. The van der Waals surface area contributed by atoms with Crippen LogP contribution in [0.2, 0.25) is 0 Å². The summed E-state index contributed by atoms with van der Waals surface area (Å²) in [5, 5.41) is 10.9. The number of carbonyl (C=O) groups excluding carboxylic acids is 1. The molecular formula is C21H22O3. The molecule has 3 heteroatoms. The van der Waals surface area contributed by atoms with Gasteiger partial charge in [0.1, 0.15) is 11.5 Å². The molecule has 0 amide bonds. The van der Waals surface area contributed by atoms with Gasteiger partial charge < -0.3 is 9.84 Å². The summed E-state index contributed by atoms with van der Waals surface area (Å²) in [6.45, 7) is 11.7. The van der Waals surface area contributed by atoms with Crippen molar-refractivity contribution in [2.24, 2.45) is 5.41 Å². The minimum Gasteiger partial charge on any atom is -0.507 e. The standard InChI is InChI=1S/C21H22O3/c1-6-10-21(4)17(22)9-11-20(3)16-12-14(24-5)7-8-15(16)13(2)18(23)19(20)21/h6-9,11-12,23H,1-2,10H2,3-5H3/t20-,21-/m0/s1. The van der Waals surface area contributed by atoms with Gasteiger partial charge in [0.2, 0.25) is 0 Å². The second-order valence-electron chi connectivity index (χ2n) is 6.84. The highest BCUT2D eigenvalue weighted by atomic mass is 16.5. The smallest absolute Gasteiger partial charge is 0.165 e. The van der Waals surface area contributed by atoms with E-state index < -0.39 is 10.8 Å². The van der Waals surface area contributed by atoms with Gasteiger partial charge in [0.15, 0.2) is 5.78 Å². The average Bonchev–Trinajstić information content (AvgIpc) is 2.56. The zero-order valence-corrected chi connectivity index (χ0v) is 14.3. The summed E-state index contributed by atoms with van der Waals surface area (Å²) in [6, 6.07) is 5.72. The van der Waals surface area contributed by atoms with Crippen molar-refractivity contribution >= 4 is 11.4 Å². The summed E-state index contributed by atoms with van der Waals surface area (Å²) in [7, 11) is 1.62. The van der Waals surface area contributed by atoms with E-state index in [1.807, 2.05) is 38.1 Å². The molecule has 0 fully saturated rings. The van der Waals surface area contributed by atoms with Gasteiger partial charge in [-0.2, -0.15) is 0 Å². The number of hydrogen-bond donors (Lipinski definition) is 1. The molecule has 1 N–H and O–H groups in total. The van der Waals surface area contributed by atoms with Crippen LogP contribution in [0.4, 0.5) is 0 Å². The molecule has 0 spiro atoms. The SMILES string of the molecule is C=CC[C@@]1(C)C(=O)C=C[C@]2(C)C1=C(O)C(=C)c1ccc(OC)cc12. The maximum atomic E-state index is 12.7. The predicted molar refractivity (Wildman–Crippen MR) is 96.1 cm³/mol. The van der Waals surface area contributed by atoms with Gasteiger partial charge in [0.25, 0.3) is 0 Å². The van der Waals surface area contributed by atoms with Gasteiger partial charge >= 0.3 is 0 Å². The van der Waals surface area contributed by atoms with E-state index in [1.54, 1.807) is 19.3 Å². The van der Waals surface area contributed by atoms with Crippen LogP contribution in [0.1, 0.15) is 31.4 Å². The van der Waals surface area contributed by atoms with E-state index in [2.05, 4.69) is 13.2 Å². The first-order chi connectivity index (χ1) is 11.3. The van der Waals surface area contributed by atoms with Crippen LogP contribution in [0.5, 0.6) is 5.75 Å². The molecule has 0 aliphatic heterocycles. The molecule has 3 nitrogen and oxygen atoms in total. The average molecular weight is 322 g/mol.